The summed E-state index contributed by atoms with van der Waals surface area (Å²) in [6, 6.07) is 0.320. The molecule has 0 fully saturated rings. The molecule has 1 aromatic heterocycles. The van der Waals surface area contributed by atoms with Crippen molar-refractivity contribution in [3.8, 4) is 0 Å². The molecule has 0 aliphatic heterocycles. The van der Waals surface area contributed by atoms with E-state index in [9.17, 15) is 0 Å². The third-order valence-electron chi connectivity index (χ3n) is 2.36. The molecule has 1 aromatic rings. The summed E-state index contributed by atoms with van der Waals surface area (Å²) in [5.74, 6) is 0.512. The Balaban J connectivity index is 2.47. The van der Waals surface area contributed by atoms with E-state index in [0.29, 0.717) is 18.5 Å². The van der Waals surface area contributed by atoms with Crippen LogP contribution in [0.25, 0.3) is 0 Å². The van der Waals surface area contributed by atoms with Gasteiger partial charge in [-0.05, 0) is 13.8 Å². The molecule has 102 valence electrons. The predicted octanol–water partition coefficient (Wildman–Crippen LogP) is 2.30. The van der Waals surface area contributed by atoms with Gasteiger partial charge in [-0.1, -0.05) is 20.8 Å². The average molecular weight is 268 g/mol. The summed E-state index contributed by atoms with van der Waals surface area (Å²) in [6.07, 6.45) is 0.848. The van der Waals surface area contributed by atoms with E-state index in [4.69, 9.17) is 5.73 Å². The SMILES string of the molecule is CC(C)NC(N)=NCCc1nc(C(C)(C)C)cs1. The molecule has 0 unspecified atom stereocenters. The number of guanidine groups is 1. The van der Waals surface area contributed by atoms with E-state index in [2.05, 4.69) is 41.4 Å². The number of nitrogens with zero attached hydrogens (tertiary/aromatic N) is 2. The number of rotatable bonds is 4. The highest BCUT2D eigenvalue weighted by Crippen LogP contribution is 2.23. The number of hydrogen-bond acceptors (Lipinski definition) is 3. The lowest BCUT2D eigenvalue weighted by Gasteiger charge is -2.14. The van der Waals surface area contributed by atoms with Crippen molar-refractivity contribution in [2.75, 3.05) is 6.54 Å². The minimum atomic E-state index is 0.121. The lowest BCUT2D eigenvalue weighted by atomic mass is 9.93. The Morgan fingerprint density at radius 2 is 2.17 bits per heavy atom. The molecule has 0 bridgehead atoms. The monoisotopic (exact) mass is 268 g/mol. The van der Waals surface area contributed by atoms with Crippen molar-refractivity contribution >= 4 is 17.3 Å². The third kappa shape index (κ3) is 5.04. The molecular weight excluding hydrogens is 244 g/mol. The summed E-state index contributed by atoms with van der Waals surface area (Å²) in [4.78, 5) is 8.91. The van der Waals surface area contributed by atoms with Gasteiger partial charge < -0.3 is 11.1 Å². The lowest BCUT2D eigenvalue weighted by Crippen LogP contribution is -2.36. The van der Waals surface area contributed by atoms with Gasteiger partial charge in [0.1, 0.15) is 0 Å². The van der Waals surface area contributed by atoms with Crippen LogP contribution in [0.4, 0.5) is 0 Å². The van der Waals surface area contributed by atoms with E-state index in [0.717, 1.165) is 17.1 Å². The fourth-order valence-corrected chi connectivity index (χ4v) is 2.40. The third-order valence-corrected chi connectivity index (χ3v) is 3.27. The van der Waals surface area contributed by atoms with E-state index in [1.54, 1.807) is 11.3 Å². The Morgan fingerprint density at radius 1 is 1.50 bits per heavy atom. The molecule has 0 saturated heterocycles. The van der Waals surface area contributed by atoms with Gasteiger partial charge in [0.05, 0.1) is 10.7 Å². The van der Waals surface area contributed by atoms with Crippen LogP contribution in [0.1, 0.15) is 45.3 Å². The maximum atomic E-state index is 5.74. The van der Waals surface area contributed by atoms with Crippen molar-refractivity contribution < 1.29 is 0 Å². The van der Waals surface area contributed by atoms with Crippen LogP contribution in [0.2, 0.25) is 0 Å². The van der Waals surface area contributed by atoms with Gasteiger partial charge in [-0.25, -0.2) is 4.98 Å². The zero-order valence-corrected chi connectivity index (χ0v) is 12.8. The first-order valence-corrected chi connectivity index (χ1v) is 7.18. The molecule has 0 aliphatic carbocycles. The smallest absolute Gasteiger partial charge is 0.188 e. The molecule has 0 saturated carbocycles. The average Bonchev–Trinajstić information content (AvgIpc) is 2.64. The van der Waals surface area contributed by atoms with Crippen LogP contribution in [0.15, 0.2) is 10.4 Å². The summed E-state index contributed by atoms with van der Waals surface area (Å²) in [7, 11) is 0. The van der Waals surface area contributed by atoms with Gasteiger partial charge in [0.15, 0.2) is 5.96 Å². The quantitative estimate of drug-likeness (QED) is 0.650. The number of nitrogens with one attached hydrogen (secondary N) is 1. The Labute approximate surface area is 114 Å². The molecule has 0 aliphatic rings. The van der Waals surface area contributed by atoms with Crippen LogP contribution >= 0.6 is 11.3 Å². The minimum Gasteiger partial charge on any atom is -0.370 e. The standard InChI is InChI=1S/C13H24N4S/c1-9(2)16-12(14)15-7-6-11-17-10(8-18-11)13(3,4)5/h8-9H,6-7H2,1-5H3,(H3,14,15,16). The first-order valence-electron chi connectivity index (χ1n) is 6.30. The van der Waals surface area contributed by atoms with E-state index < -0.39 is 0 Å². The number of nitrogens with two attached hydrogens (primary N) is 1. The van der Waals surface area contributed by atoms with Crippen LogP contribution in [-0.2, 0) is 11.8 Å². The van der Waals surface area contributed by atoms with Crippen LogP contribution in [0, 0.1) is 0 Å². The predicted molar refractivity (Wildman–Crippen MR) is 79.3 cm³/mol. The van der Waals surface area contributed by atoms with Crippen LogP contribution < -0.4 is 11.1 Å². The Kier molecular flexibility index (Phi) is 5.14. The largest absolute Gasteiger partial charge is 0.370 e. The molecule has 0 spiro atoms. The van der Waals surface area contributed by atoms with Crippen LogP contribution in [-0.4, -0.2) is 23.5 Å². The highest BCUT2D eigenvalue weighted by Gasteiger charge is 2.17. The van der Waals surface area contributed by atoms with E-state index in [-0.39, 0.29) is 5.41 Å². The topological polar surface area (TPSA) is 63.3 Å². The highest BCUT2D eigenvalue weighted by atomic mass is 32.1. The second kappa shape index (κ2) is 6.18. The lowest BCUT2D eigenvalue weighted by molar-refractivity contribution is 0.571. The van der Waals surface area contributed by atoms with E-state index >= 15 is 0 Å². The van der Waals surface area contributed by atoms with E-state index in [1.165, 1.54) is 0 Å². The van der Waals surface area contributed by atoms with Gasteiger partial charge in [-0.3, -0.25) is 4.99 Å². The number of hydrogen-bond donors (Lipinski definition) is 2. The van der Waals surface area contributed by atoms with Gasteiger partial charge in [0.2, 0.25) is 0 Å². The zero-order valence-electron chi connectivity index (χ0n) is 11.9. The Hall–Kier alpha value is -1.10. The summed E-state index contributed by atoms with van der Waals surface area (Å²) in [6.45, 7) is 11.3. The molecule has 3 N–H and O–H groups in total. The normalized spacial score (nSPS) is 13.1. The Bertz CT molecular complexity index is 401. The molecule has 0 amide bonds. The summed E-state index contributed by atoms with van der Waals surface area (Å²) in [5, 5.41) is 6.33. The molecule has 0 aromatic carbocycles. The minimum absolute atomic E-state index is 0.121. The van der Waals surface area contributed by atoms with Gasteiger partial charge in [-0.15, -0.1) is 11.3 Å². The van der Waals surface area contributed by atoms with E-state index in [1.807, 2.05) is 13.8 Å². The van der Waals surface area contributed by atoms with Crippen molar-refractivity contribution in [1.29, 1.82) is 0 Å². The molecule has 4 nitrogen and oxygen atoms in total. The van der Waals surface area contributed by atoms with Gasteiger partial charge in [0, 0.05) is 29.8 Å². The second-order valence-corrected chi connectivity index (χ2v) is 6.64. The van der Waals surface area contributed by atoms with Crippen molar-refractivity contribution in [3.63, 3.8) is 0 Å². The van der Waals surface area contributed by atoms with Crippen molar-refractivity contribution in [3.05, 3.63) is 16.1 Å². The molecule has 1 heterocycles. The number of aromatic nitrogens is 1. The highest BCUT2D eigenvalue weighted by molar-refractivity contribution is 7.09. The zero-order chi connectivity index (χ0) is 13.8. The van der Waals surface area contributed by atoms with Crippen molar-refractivity contribution in [2.45, 2.75) is 52.5 Å². The second-order valence-electron chi connectivity index (χ2n) is 5.69. The molecule has 18 heavy (non-hydrogen) atoms. The molecule has 5 heteroatoms. The first-order chi connectivity index (χ1) is 8.29. The van der Waals surface area contributed by atoms with Gasteiger partial charge in [-0.2, -0.15) is 0 Å². The fourth-order valence-electron chi connectivity index (χ4n) is 1.38. The molecule has 0 radical (unpaired) electrons. The number of thiazole rings is 1. The molecule has 0 atom stereocenters. The maximum Gasteiger partial charge on any atom is 0.188 e. The first kappa shape index (κ1) is 15.0. The van der Waals surface area contributed by atoms with Gasteiger partial charge >= 0.3 is 0 Å². The summed E-state index contributed by atoms with van der Waals surface area (Å²) < 4.78 is 0. The molecule has 1 rings (SSSR count). The fraction of sp³-hybridized carbons (Fsp3) is 0.692. The van der Waals surface area contributed by atoms with Crippen LogP contribution in [0.3, 0.4) is 0 Å². The summed E-state index contributed by atoms with van der Waals surface area (Å²) >= 11 is 1.70. The Morgan fingerprint density at radius 3 is 2.67 bits per heavy atom. The number of aliphatic imine (C=N–C) groups is 1. The van der Waals surface area contributed by atoms with Crippen molar-refractivity contribution in [2.24, 2.45) is 10.7 Å². The maximum absolute atomic E-state index is 5.74. The molecular formula is C13H24N4S. The van der Waals surface area contributed by atoms with Crippen molar-refractivity contribution in [1.82, 2.24) is 10.3 Å². The van der Waals surface area contributed by atoms with Crippen LogP contribution in [0.5, 0.6) is 0 Å². The summed E-state index contributed by atoms with van der Waals surface area (Å²) in [5.41, 5.74) is 7.01. The van der Waals surface area contributed by atoms with Gasteiger partial charge in [0.25, 0.3) is 0 Å².